The van der Waals surface area contributed by atoms with Gasteiger partial charge in [-0.2, -0.15) is 0 Å². The van der Waals surface area contributed by atoms with Gasteiger partial charge in [0.05, 0.1) is 13.2 Å². The van der Waals surface area contributed by atoms with Crippen LogP contribution >= 0.6 is 0 Å². The van der Waals surface area contributed by atoms with E-state index in [-0.39, 0.29) is 19.1 Å². The Morgan fingerprint density at radius 2 is 2.08 bits per heavy atom. The number of hydrogen-bond donors (Lipinski definition) is 3. The minimum absolute atomic E-state index is 0.0763. The lowest BCUT2D eigenvalue weighted by Crippen LogP contribution is -2.27. The molecule has 1 aromatic heterocycles. The molecular weight excluding hydrogens is 306 g/mol. The van der Waals surface area contributed by atoms with Crippen LogP contribution in [0.5, 0.6) is 0 Å². The largest absolute Gasteiger partial charge is 0.395 e. The Labute approximate surface area is 142 Å². The molecule has 1 aromatic carbocycles. The van der Waals surface area contributed by atoms with Gasteiger partial charge in [-0.25, -0.2) is 0 Å². The first-order valence-electron chi connectivity index (χ1n) is 8.06. The molecule has 0 saturated carbocycles. The number of rotatable bonds is 7. The van der Waals surface area contributed by atoms with Gasteiger partial charge in [-0.1, -0.05) is 19.9 Å². The number of aliphatic hydroxyl groups is 1. The molecule has 0 aliphatic rings. The number of carbonyl (C=O) groups is 1. The number of hydrogen-bond acceptors (Lipinski definition) is 5. The Morgan fingerprint density at radius 1 is 1.33 bits per heavy atom. The SMILES string of the molecule is Cc1c(NCc2nnc(C(C)C)n2C)cccc1C(=O)NCCO. The molecule has 0 saturated heterocycles. The van der Waals surface area contributed by atoms with Gasteiger partial charge in [0, 0.05) is 30.8 Å². The van der Waals surface area contributed by atoms with E-state index in [1.165, 1.54) is 0 Å². The molecule has 0 atom stereocenters. The summed E-state index contributed by atoms with van der Waals surface area (Å²) in [6, 6.07) is 5.53. The highest BCUT2D eigenvalue weighted by molar-refractivity contribution is 5.97. The van der Waals surface area contributed by atoms with Gasteiger partial charge in [0.15, 0.2) is 5.82 Å². The summed E-state index contributed by atoms with van der Waals surface area (Å²) < 4.78 is 1.99. The summed E-state index contributed by atoms with van der Waals surface area (Å²) >= 11 is 0. The Balaban J connectivity index is 2.12. The van der Waals surface area contributed by atoms with E-state index < -0.39 is 0 Å². The number of anilines is 1. The van der Waals surface area contributed by atoms with Crippen molar-refractivity contribution in [1.82, 2.24) is 20.1 Å². The Bertz CT molecular complexity index is 709. The molecule has 0 fully saturated rings. The Morgan fingerprint density at radius 3 is 2.71 bits per heavy atom. The zero-order valence-electron chi connectivity index (χ0n) is 14.6. The monoisotopic (exact) mass is 331 g/mol. The second-order valence-corrected chi connectivity index (χ2v) is 6.00. The number of benzene rings is 1. The van der Waals surface area contributed by atoms with Gasteiger partial charge >= 0.3 is 0 Å². The molecular formula is C17H25N5O2. The Hall–Kier alpha value is -2.41. The van der Waals surface area contributed by atoms with Crippen LogP contribution in [-0.2, 0) is 13.6 Å². The smallest absolute Gasteiger partial charge is 0.251 e. The molecule has 2 aromatic rings. The molecule has 7 heteroatoms. The third-order valence-electron chi connectivity index (χ3n) is 3.93. The summed E-state index contributed by atoms with van der Waals surface area (Å²) in [5.41, 5.74) is 2.33. The van der Waals surface area contributed by atoms with Gasteiger partial charge in [0.25, 0.3) is 5.91 Å². The predicted molar refractivity (Wildman–Crippen MR) is 93.0 cm³/mol. The maximum absolute atomic E-state index is 12.1. The third-order valence-corrected chi connectivity index (χ3v) is 3.93. The van der Waals surface area contributed by atoms with Crippen LogP contribution < -0.4 is 10.6 Å². The molecule has 0 aliphatic carbocycles. The number of aliphatic hydroxyl groups excluding tert-OH is 1. The summed E-state index contributed by atoms with van der Waals surface area (Å²) in [5.74, 6) is 1.91. The fourth-order valence-corrected chi connectivity index (χ4v) is 2.54. The van der Waals surface area contributed by atoms with E-state index in [1.807, 2.05) is 30.7 Å². The molecule has 130 valence electrons. The van der Waals surface area contributed by atoms with E-state index >= 15 is 0 Å². The molecule has 2 rings (SSSR count). The van der Waals surface area contributed by atoms with E-state index in [0.717, 1.165) is 22.9 Å². The van der Waals surface area contributed by atoms with Crippen molar-refractivity contribution < 1.29 is 9.90 Å². The van der Waals surface area contributed by atoms with Gasteiger partial charge < -0.3 is 20.3 Å². The first kappa shape index (κ1) is 17.9. The maximum atomic E-state index is 12.1. The summed E-state index contributed by atoms with van der Waals surface area (Å²) in [4.78, 5) is 12.1. The zero-order chi connectivity index (χ0) is 17.7. The highest BCUT2D eigenvalue weighted by atomic mass is 16.3. The van der Waals surface area contributed by atoms with Crippen molar-refractivity contribution in [2.75, 3.05) is 18.5 Å². The highest BCUT2D eigenvalue weighted by Gasteiger charge is 2.14. The number of nitrogens with zero attached hydrogens (tertiary/aromatic N) is 3. The lowest BCUT2D eigenvalue weighted by Gasteiger charge is -2.13. The molecule has 24 heavy (non-hydrogen) atoms. The van der Waals surface area contributed by atoms with Crippen LogP contribution in [0.1, 0.15) is 47.3 Å². The first-order valence-corrected chi connectivity index (χ1v) is 8.06. The molecule has 0 aliphatic heterocycles. The molecule has 3 N–H and O–H groups in total. The lowest BCUT2D eigenvalue weighted by molar-refractivity contribution is 0.0944. The summed E-state index contributed by atoms with van der Waals surface area (Å²) in [6.45, 7) is 6.75. The van der Waals surface area contributed by atoms with E-state index in [4.69, 9.17) is 5.11 Å². The second-order valence-electron chi connectivity index (χ2n) is 6.00. The van der Waals surface area contributed by atoms with Crippen LogP contribution in [0.15, 0.2) is 18.2 Å². The van der Waals surface area contributed by atoms with Crippen LogP contribution in [0.3, 0.4) is 0 Å². The van der Waals surface area contributed by atoms with Gasteiger partial charge in [0.2, 0.25) is 0 Å². The number of aromatic nitrogens is 3. The average molecular weight is 331 g/mol. The first-order chi connectivity index (χ1) is 11.5. The predicted octanol–water partition coefficient (Wildman–Crippen LogP) is 1.58. The fourth-order valence-electron chi connectivity index (χ4n) is 2.54. The van der Waals surface area contributed by atoms with E-state index in [2.05, 4.69) is 34.7 Å². The van der Waals surface area contributed by atoms with Crippen LogP contribution in [0.25, 0.3) is 0 Å². The second kappa shape index (κ2) is 7.92. The van der Waals surface area contributed by atoms with E-state index in [9.17, 15) is 4.79 Å². The van der Waals surface area contributed by atoms with Gasteiger partial charge in [-0.15, -0.1) is 10.2 Å². The van der Waals surface area contributed by atoms with Crippen molar-refractivity contribution in [2.45, 2.75) is 33.2 Å². The van der Waals surface area contributed by atoms with Crippen molar-refractivity contribution in [3.8, 4) is 0 Å². The quantitative estimate of drug-likeness (QED) is 0.716. The Kier molecular flexibility index (Phi) is 5.92. The summed E-state index contributed by atoms with van der Waals surface area (Å²) in [7, 11) is 1.96. The minimum Gasteiger partial charge on any atom is -0.395 e. The van der Waals surface area contributed by atoms with Crippen LogP contribution in [0.4, 0.5) is 5.69 Å². The highest BCUT2D eigenvalue weighted by Crippen LogP contribution is 2.20. The fraction of sp³-hybridized carbons (Fsp3) is 0.471. The molecule has 0 spiro atoms. The zero-order valence-corrected chi connectivity index (χ0v) is 14.6. The standard InChI is InChI=1S/C17H25N5O2/c1-11(2)16-21-20-15(22(16)4)10-19-14-7-5-6-13(12(14)3)17(24)18-8-9-23/h5-7,11,19,23H,8-10H2,1-4H3,(H,18,24). The maximum Gasteiger partial charge on any atom is 0.251 e. The molecule has 0 unspecified atom stereocenters. The molecule has 1 amide bonds. The van der Waals surface area contributed by atoms with Gasteiger partial charge in [0.1, 0.15) is 5.82 Å². The topological polar surface area (TPSA) is 92.1 Å². The molecule has 7 nitrogen and oxygen atoms in total. The lowest BCUT2D eigenvalue weighted by atomic mass is 10.1. The van der Waals surface area contributed by atoms with Crippen LogP contribution in [-0.4, -0.2) is 38.9 Å². The van der Waals surface area contributed by atoms with Crippen LogP contribution in [0, 0.1) is 6.92 Å². The number of carbonyl (C=O) groups excluding carboxylic acids is 1. The van der Waals surface area contributed by atoms with Crippen molar-refractivity contribution in [1.29, 1.82) is 0 Å². The van der Waals surface area contributed by atoms with Crippen molar-refractivity contribution in [2.24, 2.45) is 7.05 Å². The van der Waals surface area contributed by atoms with Crippen molar-refractivity contribution in [3.63, 3.8) is 0 Å². The van der Waals surface area contributed by atoms with E-state index in [1.54, 1.807) is 6.07 Å². The average Bonchev–Trinajstić information content (AvgIpc) is 2.92. The summed E-state index contributed by atoms with van der Waals surface area (Å²) in [5, 5.41) is 23.3. The summed E-state index contributed by atoms with van der Waals surface area (Å²) in [6.07, 6.45) is 0. The normalized spacial score (nSPS) is 10.9. The van der Waals surface area contributed by atoms with Gasteiger partial charge in [-0.05, 0) is 24.6 Å². The molecule has 1 heterocycles. The molecule has 0 radical (unpaired) electrons. The van der Waals surface area contributed by atoms with Crippen molar-refractivity contribution >= 4 is 11.6 Å². The number of amides is 1. The molecule has 0 bridgehead atoms. The minimum atomic E-state index is -0.189. The third kappa shape index (κ3) is 3.91. The number of nitrogens with one attached hydrogen (secondary N) is 2. The van der Waals surface area contributed by atoms with Crippen LogP contribution in [0.2, 0.25) is 0 Å². The van der Waals surface area contributed by atoms with E-state index in [0.29, 0.717) is 18.0 Å². The van der Waals surface area contributed by atoms with Gasteiger partial charge in [-0.3, -0.25) is 4.79 Å². The van der Waals surface area contributed by atoms with Crippen molar-refractivity contribution in [3.05, 3.63) is 41.0 Å².